The van der Waals surface area contributed by atoms with Gasteiger partial charge >= 0.3 is 19.8 Å². The Hall–Kier alpha value is -3.33. The molecule has 2 atom stereocenters. The Morgan fingerprint density at radius 1 is 0.413 bits per heavy atom. The second kappa shape index (κ2) is 59.9. The van der Waals surface area contributed by atoms with Crippen LogP contribution in [0.2, 0.25) is 0 Å². The lowest BCUT2D eigenvalue weighted by Gasteiger charge is -2.19. The Bertz CT molecular complexity index is 1590. The molecule has 430 valence electrons. The Morgan fingerprint density at radius 2 is 0.733 bits per heavy atom. The molecule has 0 fully saturated rings. The summed E-state index contributed by atoms with van der Waals surface area (Å²) in [6.45, 7) is 3.62. The van der Waals surface area contributed by atoms with Gasteiger partial charge in [-0.1, -0.05) is 252 Å². The molecule has 0 aliphatic rings. The molecular weight excluding hydrogens is 954 g/mol. The zero-order valence-corrected chi connectivity index (χ0v) is 48.9. The number of ether oxygens (including phenoxy) is 2. The van der Waals surface area contributed by atoms with Crippen molar-refractivity contribution in [2.45, 2.75) is 264 Å². The molecule has 0 heterocycles. The maximum absolute atomic E-state index is 12.7. The highest BCUT2D eigenvalue weighted by atomic mass is 31.2. The van der Waals surface area contributed by atoms with E-state index in [1.165, 1.54) is 122 Å². The molecule has 0 radical (unpaired) electrons. The van der Waals surface area contributed by atoms with Crippen molar-refractivity contribution in [3.05, 3.63) is 109 Å². The molecule has 0 aliphatic carbocycles. The second-order valence-electron chi connectivity index (χ2n) is 19.8. The van der Waals surface area contributed by atoms with E-state index < -0.39 is 26.5 Å². The monoisotopic (exact) mass is 1070 g/mol. The van der Waals surface area contributed by atoms with Gasteiger partial charge in [-0.3, -0.25) is 18.6 Å². The molecule has 75 heavy (non-hydrogen) atoms. The van der Waals surface area contributed by atoms with E-state index in [0.29, 0.717) is 6.42 Å². The summed E-state index contributed by atoms with van der Waals surface area (Å²) < 4.78 is 33.1. The number of carbonyl (C=O) groups is 2. The van der Waals surface area contributed by atoms with Crippen molar-refractivity contribution >= 4 is 19.8 Å². The highest BCUT2D eigenvalue weighted by Gasteiger charge is 2.26. The third-order valence-electron chi connectivity index (χ3n) is 12.6. The highest BCUT2D eigenvalue weighted by Crippen LogP contribution is 2.43. The van der Waals surface area contributed by atoms with Crippen LogP contribution in [0.25, 0.3) is 0 Å². The van der Waals surface area contributed by atoms with Crippen LogP contribution in [0, 0.1) is 0 Å². The molecule has 3 N–H and O–H groups in total. The van der Waals surface area contributed by atoms with Crippen LogP contribution in [0.4, 0.5) is 0 Å². The van der Waals surface area contributed by atoms with Crippen LogP contribution in [0.3, 0.4) is 0 Å². The van der Waals surface area contributed by atoms with Gasteiger partial charge in [0.1, 0.15) is 6.61 Å². The molecule has 0 spiro atoms. The average Bonchev–Trinajstić information content (AvgIpc) is 3.40. The number of rotatable bonds is 56. The van der Waals surface area contributed by atoms with Gasteiger partial charge < -0.3 is 20.1 Å². The van der Waals surface area contributed by atoms with E-state index in [1.807, 2.05) is 0 Å². The average molecular weight is 1070 g/mol. The molecule has 0 rings (SSSR count). The normalized spacial score (nSPS) is 13.8. The third-order valence-corrected chi connectivity index (χ3v) is 13.6. The van der Waals surface area contributed by atoms with Crippen LogP contribution >= 0.6 is 7.82 Å². The maximum atomic E-state index is 12.7. The van der Waals surface area contributed by atoms with E-state index in [1.54, 1.807) is 0 Å². The zero-order chi connectivity index (χ0) is 54.5. The molecule has 0 saturated heterocycles. The first kappa shape index (κ1) is 71.7. The van der Waals surface area contributed by atoms with Crippen LogP contribution < -0.4 is 5.73 Å². The number of carbonyl (C=O) groups excluding carboxylic acids is 2. The Kier molecular flexibility index (Phi) is 57.2. The van der Waals surface area contributed by atoms with Crippen LogP contribution in [0.15, 0.2) is 109 Å². The number of esters is 2. The molecular formula is C65H112NO8P. The first-order valence-electron chi connectivity index (χ1n) is 30.4. The van der Waals surface area contributed by atoms with Crippen LogP contribution in [0.5, 0.6) is 0 Å². The predicted octanol–water partition coefficient (Wildman–Crippen LogP) is 19.4. The number of phosphoric acid groups is 1. The van der Waals surface area contributed by atoms with Gasteiger partial charge in [0, 0.05) is 19.4 Å². The Labute approximate surface area is 460 Å². The van der Waals surface area contributed by atoms with Crippen LogP contribution in [0.1, 0.15) is 258 Å². The summed E-state index contributed by atoms with van der Waals surface area (Å²) in [6, 6.07) is 0. The lowest BCUT2D eigenvalue weighted by atomic mass is 10.0. The first-order chi connectivity index (χ1) is 36.8. The molecule has 9 nitrogen and oxygen atoms in total. The number of unbranched alkanes of at least 4 members (excludes halogenated alkanes) is 25. The minimum atomic E-state index is -4.40. The predicted molar refractivity (Wildman–Crippen MR) is 321 cm³/mol. The van der Waals surface area contributed by atoms with E-state index in [4.69, 9.17) is 24.3 Å². The third kappa shape index (κ3) is 59.8. The lowest BCUT2D eigenvalue weighted by Crippen LogP contribution is -2.29. The smallest absolute Gasteiger partial charge is 0.462 e. The number of nitrogens with two attached hydrogens (primary N) is 1. The summed E-state index contributed by atoms with van der Waals surface area (Å²) in [5.41, 5.74) is 5.39. The minimum Gasteiger partial charge on any atom is -0.462 e. The zero-order valence-electron chi connectivity index (χ0n) is 48.0. The fraction of sp³-hybridized carbons (Fsp3) is 0.692. The topological polar surface area (TPSA) is 134 Å². The van der Waals surface area contributed by atoms with Gasteiger partial charge in [-0.05, 0) is 103 Å². The molecule has 0 aromatic carbocycles. The van der Waals surface area contributed by atoms with Gasteiger partial charge in [0.05, 0.1) is 13.2 Å². The van der Waals surface area contributed by atoms with E-state index in [9.17, 15) is 19.0 Å². The molecule has 0 aromatic heterocycles. The minimum absolute atomic E-state index is 0.0473. The standard InChI is InChI=1S/C65H112NO8P/c1-3-5-7-9-11-13-15-17-19-21-23-25-27-28-29-30-31-32-33-34-36-38-40-42-44-46-48-50-52-54-56-58-65(68)74-63(62-73-75(69,70)72-60-59-66)61-71-64(67)57-55-53-51-49-47-45-43-41-39-37-35-26-24-22-20-18-16-14-12-10-8-6-4-2/h5,7,11,13,16-19,22-25,28-29,31-32,35,37,63H,3-4,6,8-10,12,14-15,20-21,26-27,30,33-34,36,38-62,66H2,1-2H3,(H,69,70)/b7-5-,13-11-,18-16-,19-17-,24-22-,25-23-,29-28-,32-31-,37-35-. The van der Waals surface area contributed by atoms with Crippen molar-refractivity contribution in [3.8, 4) is 0 Å². The summed E-state index contributed by atoms with van der Waals surface area (Å²) in [4.78, 5) is 35.2. The van der Waals surface area contributed by atoms with Crippen molar-refractivity contribution in [2.24, 2.45) is 5.73 Å². The van der Waals surface area contributed by atoms with Gasteiger partial charge in [-0.25, -0.2) is 4.57 Å². The molecule has 2 unspecified atom stereocenters. The number of hydrogen-bond donors (Lipinski definition) is 2. The van der Waals surface area contributed by atoms with E-state index in [0.717, 1.165) is 103 Å². The van der Waals surface area contributed by atoms with Gasteiger partial charge in [0.2, 0.25) is 0 Å². The van der Waals surface area contributed by atoms with Crippen molar-refractivity contribution in [3.63, 3.8) is 0 Å². The molecule has 10 heteroatoms. The molecule has 0 amide bonds. The highest BCUT2D eigenvalue weighted by molar-refractivity contribution is 7.47. The van der Waals surface area contributed by atoms with Gasteiger partial charge in [-0.2, -0.15) is 0 Å². The van der Waals surface area contributed by atoms with E-state index in [-0.39, 0.29) is 38.6 Å². The van der Waals surface area contributed by atoms with Gasteiger partial charge in [0.15, 0.2) is 6.10 Å². The van der Waals surface area contributed by atoms with Gasteiger partial charge in [0.25, 0.3) is 0 Å². The first-order valence-corrected chi connectivity index (χ1v) is 31.9. The van der Waals surface area contributed by atoms with Crippen molar-refractivity contribution in [2.75, 3.05) is 26.4 Å². The fourth-order valence-electron chi connectivity index (χ4n) is 8.18. The van der Waals surface area contributed by atoms with Gasteiger partial charge in [-0.15, -0.1) is 0 Å². The maximum Gasteiger partial charge on any atom is 0.472 e. The van der Waals surface area contributed by atoms with Crippen LogP contribution in [-0.2, 0) is 32.7 Å². The van der Waals surface area contributed by atoms with E-state index in [2.05, 4.69) is 123 Å². The summed E-state index contributed by atoms with van der Waals surface area (Å²) in [5, 5.41) is 0. The summed E-state index contributed by atoms with van der Waals surface area (Å²) in [5.74, 6) is -0.839. The number of phosphoric ester groups is 1. The van der Waals surface area contributed by atoms with E-state index >= 15 is 0 Å². The molecule has 0 aliphatic heterocycles. The SMILES string of the molecule is CC/C=C\C/C=C\C/C=C\C/C=C\C/C=C\C/C=C\CCCCCCCCCCCCCCC(=O)OC(COC(=O)CCCCCCCCCC/C=C\C/C=C\C/C=C\CCCCCCC)COP(=O)(O)OCCN. The molecule has 0 saturated carbocycles. The number of allylic oxidation sites excluding steroid dienone is 18. The second-order valence-corrected chi connectivity index (χ2v) is 21.3. The van der Waals surface area contributed by atoms with Crippen molar-refractivity contribution in [1.82, 2.24) is 0 Å². The Balaban J connectivity index is 4.00. The summed E-state index contributed by atoms with van der Waals surface area (Å²) in [7, 11) is -4.40. The quantitative estimate of drug-likeness (QED) is 0.0264. The largest absolute Gasteiger partial charge is 0.472 e. The van der Waals surface area contributed by atoms with Crippen LogP contribution in [-0.4, -0.2) is 49.3 Å². The summed E-state index contributed by atoms with van der Waals surface area (Å²) in [6.07, 6.45) is 81.4. The molecule has 0 bridgehead atoms. The van der Waals surface area contributed by atoms with Crippen molar-refractivity contribution < 1.29 is 37.6 Å². The Morgan fingerprint density at radius 3 is 1.09 bits per heavy atom. The number of hydrogen-bond acceptors (Lipinski definition) is 8. The lowest BCUT2D eigenvalue weighted by molar-refractivity contribution is -0.161. The van der Waals surface area contributed by atoms with Crippen molar-refractivity contribution in [1.29, 1.82) is 0 Å². The fourth-order valence-corrected chi connectivity index (χ4v) is 8.94. The summed E-state index contributed by atoms with van der Waals surface area (Å²) >= 11 is 0. The molecule has 0 aromatic rings.